The van der Waals surface area contributed by atoms with Gasteiger partial charge in [-0.3, -0.25) is 4.79 Å². The molecule has 0 bridgehead atoms. The first kappa shape index (κ1) is 17.0. The van der Waals surface area contributed by atoms with Gasteiger partial charge in [0.15, 0.2) is 0 Å². The summed E-state index contributed by atoms with van der Waals surface area (Å²) in [7, 11) is -4.33. The van der Waals surface area contributed by atoms with E-state index in [0.29, 0.717) is 6.07 Å². The maximum Gasteiger partial charge on any atom is 0.417 e. The van der Waals surface area contributed by atoms with Crippen molar-refractivity contribution in [3.8, 4) is 0 Å². The van der Waals surface area contributed by atoms with Crippen LogP contribution in [0.5, 0.6) is 0 Å². The molecule has 122 valence electrons. The van der Waals surface area contributed by atoms with Gasteiger partial charge >= 0.3 is 6.18 Å². The van der Waals surface area contributed by atoms with Crippen LogP contribution in [-0.2, 0) is 20.8 Å². The molecular formula is C15H12F3NO3S. The highest BCUT2D eigenvalue weighted by molar-refractivity contribution is 7.91. The summed E-state index contributed by atoms with van der Waals surface area (Å²) in [6.45, 7) is 1.14. The Morgan fingerprint density at radius 2 is 1.65 bits per heavy atom. The van der Waals surface area contributed by atoms with E-state index in [0.717, 1.165) is 19.1 Å². The van der Waals surface area contributed by atoms with Gasteiger partial charge in [-0.05, 0) is 30.3 Å². The second-order valence-corrected chi connectivity index (χ2v) is 6.62. The van der Waals surface area contributed by atoms with Gasteiger partial charge in [0.2, 0.25) is 15.7 Å². The smallest absolute Gasteiger partial charge is 0.326 e. The number of carbonyl (C=O) groups is 1. The molecule has 2 rings (SSSR count). The molecule has 0 radical (unpaired) electrons. The largest absolute Gasteiger partial charge is 0.417 e. The Bertz CT molecular complexity index is 831. The number of rotatable bonds is 3. The number of carbonyl (C=O) groups excluding carboxylic acids is 1. The summed E-state index contributed by atoms with van der Waals surface area (Å²) in [5.41, 5.74) is -1.45. The summed E-state index contributed by atoms with van der Waals surface area (Å²) in [5, 5.41) is 2.20. The van der Waals surface area contributed by atoms with Crippen LogP contribution in [0.25, 0.3) is 0 Å². The quantitative estimate of drug-likeness (QED) is 0.928. The van der Waals surface area contributed by atoms with Gasteiger partial charge in [0.05, 0.1) is 15.4 Å². The summed E-state index contributed by atoms with van der Waals surface area (Å²) < 4.78 is 64.6. The van der Waals surface area contributed by atoms with Crippen molar-refractivity contribution in [2.45, 2.75) is 22.9 Å². The van der Waals surface area contributed by atoms with Crippen LogP contribution in [0.3, 0.4) is 0 Å². The van der Waals surface area contributed by atoms with E-state index in [9.17, 15) is 26.4 Å². The molecule has 2 aromatic rings. The molecule has 0 atom stereocenters. The zero-order valence-corrected chi connectivity index (χ0v) is 12.7. The lowest BCUT2D eigenvalue weighted by atomic mass is 10.2. The van der Waals surface area contributed by atoms with Crippen LogP contribution in [0.2, 0.25) is 0 Å². The highest BCUT2D eigenvalue weighted by Gasteiger charge is 2.38. The molecule has 8 heteroatoms. The van der Waals surface area contributed by atoms with Crippen molar-refractivity contribution in [1.29, 1.82) is 0 Å². The number of anilines is 1. The molecule has 23 heavy (non-hydrogen) atoms. The van der Waals surface area contributed by atoms with Crippen molar-refractivity contribution < 1.29 is 26.4 Å². The Morgan fingerprint density at radius 1 is 1.04 bits per heavy atom. The van der Waals surface area contributed by atoms with Gasteiger partial charge in [-0.2, -0.15) is 13.2 Å². The highest BCUT2D eigenvalue weighted by Crippen LogP contribution is 2.37. The average molecular weight is 343 g/mol. The number of sulfone groups is 1. The van der Waals surface area contributed by atoms with Gasteiger partial charge in [-0.25, -0.2) is 8.42 Å². The van der Waals surface area contributed by atoms with E-state index in [1.165, 1.54) is 24.3 Å². The first-order valence-corrected chi connectivity index (χ1v) is 7.89. The zero-order valence-electron chi connectivity index (χ0n) is 11.9. The van der Waals surface area contributed by atoms with Gasteiger partial charge in [-0.1, -0.05) is 18.2 Å². The summed E-state index contributed by atoms with van der Waals surface area (Å²) >= 11 is 0. The van der Waals surface area contributed by atoms with Crippen LogP contribution in [0.1, 0.15) is 12.5 Å². The molecular weight excluding hydrogens is 331 g/mol. The van der Waals surface area contributed by atoms with Crippen molar-refractivity contribution in [2.75, 3.05) is 5.32 Å². The second-order valence-electron chi connectivity index (χ2n) is 4.71. The lowest BCUT2D eigenvalue weighted by Gasteiger charge is -2.15. The van der Waals surface area contributed by atoms with Gasteiger partial charge in [0.25, 0.3) is 0 Å². The van der Waals surface area contributed by atoms with Gasteiger partial charge in [0.1, 0.15) is 0 Å². The molecule has 0 aliphatic rings. The first-order chi connectivity index (χ1) is 10.6. The molecule has 4 nitrogen and oxygen atoms in total. The topological polar surface area (TPSA) is 63.2 Å². The Balaban J connectivity index is 2.65. The summed E-state index contributed by atoms with van der Waals surface area (Å²) in [6.07, 6.45) is -4.88. The van der Waals surface area contributed by atoms with Crippen LogP contribution in [-0.4, -0.2) is 14.3 Å². The van der Waals surface area contributed by atoms with Gasteiger partial charge in [0, 0.05) is 12.6 Å². The van der Waals surface area contributed by atoms with E-state index in [-0.39, 0.29) is 10.6 Å². The third-order valence-electron chi connectivity index (χ3n) is 2.95. The van der Waals surface area contributed by atoms with Crippen molar-refractivity contribution in [3.05, 3.63) is 54.1 Å². The molecule has 2 aromatic carbocycles. The van der Waals surface area contributed by atoms with E-state index in [2.05, 4.69) is 5.32 Å². The fourth-order valence-electron chi connectivity index (χ4n) is 1.99. The first-order valence-electron chi connectivity index (χ1n) is 6.41. The average Bonchev–Trinajstić information content (AvgIpc) is 2.46. The maximum atomic E-state index is 13.2. The Hall–Kier alpha value is -2.35. The molecule has 0 unspecified atom stereocenters. The third kappa shape index (κ3) is 3.70. The molecule has 0 saturated heterocycles. The number of nitrogens with one attached hydrogen (secondary N) is 1. The van der Waals surface area contributed by atoms with Crippen molar-refractivity contribution >= 4 is 21.4 Å². The molecule has 0 saturated carbocycles. The minimum atomic E-state index is -4.88. The fraction of sp³-hybridized carbons (Fsp3) is 0.133. The fourth-order valence-corrected chi connectivity index (χ4v) is 3.47. The Kier molecular flexibility index (Phi) is 4.46. The van der Waals surface area contributed by atoms with E-state index >= 15 is 0 Å². The summed E-state index contributed by atoms with van der Waals surface area (Å²) in [6, 6.07) is 9.41. The minimum Gasteiger partial charge on any atom is -0.326 e. The number of hydrogen-bond acceptors (Lipinski definition) is 3. The van der Waals surface area contributed by atoms with Crippen molar-refractivity contribution in [2.24, 2.45) is 0 Å². The van der Waals surface area contributed by atoms with E-state index < -0.39 is 32.4 Å². The maximum absolute atomic E-state index is 13.2. The number of hydrogen-bond donors (Lipinski definition) is 1. The minimum absolute atomic E-state index is 0.128. The zero-order chi connectivity index (χ0) is 17.3. The van der Waals surface area contributed by atoms with E-state index in [4.69, 9.17) is 0 Å². The molecule has 1 N–H and O–H groups in total. The van der Waals surface area contributed by atoms with Crippen molar-refractivity contribution in [1.82, 2.24) is 0 Å². The van der Waals surface area contributed by atoms with E-state index in [1.807, 2.05) is 0 Å². The predicted octanol–water partition coefficient (Wildman–Crippen LogP) is 3.50. The normalized spacial score (nSPS) is 12.0. The van der Waals surface area contributed by atoms with Gasteiger partial charge in [-0.15, -0.1) is 0 Å². The molecule has 0 heterocycles. The lowest BCUT2D eigenvalue weighted by molar-refractivity contribution is -0.139. The SMILES string of the molecule is CC(=O)Nc1ccc(S(=O)(=O)c2ccccc2)c(C(F)(F)F)c1. The number of halogens is 3. The molecule has 0 fully saturated rings. The molecule has 0 aromatic heterocycles. The van der Waals surface area contributed by atoms with Crippen LogP contribution in [0, 0.1) is 0 Å². The van der Waals surface area contributed by atoms with E-state index in [1.54, 1.807) is 6.07 Å². The highest BCUT2D eigenvalue weighted by atomic mass is 32.2. The van der Waals surface area contributed by atoms with Crippen LogP contribution < -0.4 is 5.32 Å². The van der Waals surface area contributed by atoms with Crippen molar-refractivity contribution in [3.63, 3.8) is 0 Å². The molecule has 0 spiro atoms. The molecule has 1 amide bonds. The van der Waals surface area contributed by atoms with Crippen LogP contribution >= 0.6 is 0 Å². The predicted molar refractivity (Wildman–Crippen MR) is 77.6 cm³/mol. The second kappa shape index (κ2) is 6.04. The van der Waals surface area contributed by atoms with Crippen LogP contribution in [0.4, 0.5) is 18.9 Å². The third-order valence-corrected chi connectivity index (χ3v) is 4.78. The lowest BCUT2D eigenvalue weighted by Crippen LogP contribution is -2.15. The Morgan fingerprint density at radius 3 is 2.17 bits per heavy atom. The number of alkyl halides is 3. The number of benzene rings is 2. The molecule has 0 aliphatic carbocycles. The summed E-state index contributed by atoms with van der Waals surface area (Å²) in [5.74, 6) is -0.559. The monoisotopic (exact) mass is 343 g/mol. The van der Waals surface area contributed by atoms with Gasteiger partial charge < -0.3 is 5.32 Å². The van der Waals surface area contributed by atoms with Crippen LogP contribution in [0.15, 0.2) is 58.3 Å². The molecule has 0 aliphatic heterocycles. The standard InChI is InChI=1S/C15H12F3NO3S/c1-10(20)19-11-7-8-14(13(9-11)15(16,17)18)23(21,22)12-5-3-2-4-6-12/h2-9H,1H3,(H,19,20). The number of amides is 1. The summed E-state index contributed by atoms with van der Waals surface area (Å²) in [4.78, 5) is 9.87. The Labute approximate surface area is 130 Å².